The molecule has 19 heavy (non-hydrogen) atoms. The molecule has 4 nitrogen and oxygen atoms in total. The first-order valence-electron chi connectivity index (χ1n) is 6.29. The number of halogens is 1. The van der Waals surface area contributed by atoms with Crippen molar-refractivity contribution in [1.29, 1.82) is 0 Å². The lowest BCUT2D eigenvalue weighted by Crippen LogP contribution is -3.00. The maximum atomic E-state index is 5.43. The molecule has 0 amide bonds. The molecule has 0 aliphatic carbocycles. The van der Waals surface area contributed by atoms with E-state index in [1.165, 1.54) is 22.4 Å². The summed E-state index contributed by atoms with van der Waals surface area (Å²) in [5, 5.41) is 4.63. The molecule has 0 spiro atoms. The van der Waals surface area contributed by atoms with E-state index >= 15 is 0 Å². The Morgan fingerprint density at radius 2 is 1.89 bits per heavy atom. The fourth-order valence-corrected chi connectivity index (χ4v) is 2.67. The van der Waals surface area contributed by atoms with Gasteiger partial charge in [0.25, 0.3) is 0 Å². The van der Waals surface area contributed by atoms with Crippen LogP contribution in [0.4, 0.5) is 0 Å². The van der Waals surface area contributed by atoms with Crippen LogP contribution in [0.5, 0.6) is 0 Å². The van der Waals surface area contributed by atoms with Crippen LogP contribution in [0.2, 0.25) is 0 Å². The molecule has 0 atom stereocenters. The van der Waals surface area contributed by atoms with Crippen molar-refractivity contribution < 1.29 is 21.7 Å². The molecule has 0 bridgehead atoms. The molecule has 3 rings (SSSR count). The van der Waals surface area contributed by atoms with Crippen LogP contribution < -0.4 is 17.0 Å². The summed E-state index contributed by atoms with van der Waals surface area (Å²) < 4.78 is 9.58. The van der Waals surface area contributed by atoms with Crippen molar-refractivity contribution in [2.24, 2.45) is 0 Å². The van der Waals surface area contributed by atoms with Gasteiger partial charge in [0.05, 0.1) is 13.2 Å². The van der Waals surface area contributed by atoms with Crippen LogP contribution in [-0.4, -0.2) is 16.4 Å². The summed E-state index contributed by atoms with van der Waals surface area (Å²) in [4.78, 5) is 0. The Bertz CT molecular complexity index is 560. The molecule has 1 aromatic carbocycles. The highest BCUT2D eigenvalue weighted by molar-refractivity contribution is 5.48. The summed E-state index contributed by atoms with van der Waals surface area (Å²) in [6, 6.07) is 4.40. The maximum absolute atomic E-state index is 5.43. The van der Waals surface area contributed by atoms with Gasteiger partial charge in [-0.2, -0.15) is 0 Å². The molecular weight excluding hydrogens is 262 g/mol. The molecule has 0 radical (unpaired) electrons. The minimum Gasteiger partial charge on any atom is -1.00 e. The first-order chi connectivity index (χ1) is 8.65. The van der Waals surface area contributed by atoms with Crippen LogP contribution in [0.1, 0.15) is 22.5 Å². The highest BCUT2D eigenvalue weighted by Crippen LogP contribution is 2.20. The Hall–Kier alpha value is -1.39. The molecule has 1 aromatic heterocycles. The van der Waals surface area contributed by atoms with Gasteiger partial charge in [-0.1, -0.05) is 22.4 Å². The molecule has 2 aromatic rings. The molecular formula is C14H18ClN3O. The summed E-state index contributed by atoms with van der Waals surface area (Å²) in [5.41, 5.74) is 4.99. The zero-order valence-electron chi connectivity index (χ0n) is 11.5. The molecule has 5 heteroatoms. The van der Waals surface area contributed by atoms with Crippen molar-refractivity contribution in [3.8, 4) is 5.69 Å². The average Bonchev–Trinajstić information content (AvgIpc) is 2.70. The van der Waals surface area contributed by atoms with E-state index in [0.29, 0.717) is 6.61 Å². The zero-order valence-corrected chi connectivity index (χ0v) is 12.2. The Labute approximate surface area is 119 Å². The van der Waals surface area contributed by atoms with Crippen LogP contribution >= 0.6 is 0 Å². The number of benzene rings is 1. The summed E-state index contributed by atoms with van der Waals surface area (Å²) in [5.74, 6) is 1.00. The number of rotatable bonds is 1. The van der Waals surface area contributed by atoms with Crippen molar-refractivity contribution in [3.05, 3.63) is 41.0 Å². The topological polar surface area (TPSA) is 30.9 Å². The van der Waals surface area contributed by atoms with Crippen molar-refractivity contribution in [2.75, 3.05) is 6.61 Å². The Kier molecular flexibility index (Phi) is 3.92. The SMILES string of the molecule is Cc1cc(C)c(-n2c[n+]3c(n2)COCC3)c(C)c1.[Cl-]. The molecule has 0 saturated carbocycles. The second-order valence-corrected chi connectivity index (χ2v) is 4.97. The molecule has 0 fully saturated rings. The monoisotopic (exact) mass is 279 g/mol. The Balaban J connectivity index is 0.00000133. The van der Waals surface area contributed by atoms with Gasteiger partial charge >= 0.3 is 5.82 Å². The summed E-state index contributed by atoms with van der Waals surface area (Å²) >= 11 is 0. The van der Waals surface area contributed by atoms with Crippen molar-refractivity contribution in [1.82, 2.24) is 9.78 Å². The van der Waals surface area contributed by atoms with Crippen molar-refractivity contribution in [3.63, 3.8) is 0 Å². The lowest BCUT2D eigenvalue weighted by Gasteiger charge is -2.06. The normalized spacial score (nSPS) is 13.8. The number of aryl methyl sites for hydroxylation is 3. The van der Waals surface area contributed by atoms with Crippen LogP contribution in [-0.2, 0) is 17.9 Å². The van der Waals surface area contributed by atoms with Gasteiger partial charge in [0, 0.05) is 5.10 Å². The van der Waals surface area contributed by atoms with Gasteiger partial charge in [-0.25, -0.2) is 4.57 Å². The van der Waals surface area contributed by atoms with Crippen molar-refractivity contribution >= 4 is 0 Å². The van der Waals surface area contributed by atoms with E-state index in [2.05, 4.69) is 48.9 Å². The van der Waals surface area contributed by atoms with E-state index in [-0.39, 0.29) is 12.4 Å². The minimum atomic E-state index is 0. The molecule has 0 N–H and O–H groups in total. The third-order valence-electron chi connectivity index (χ3n) is 3.38. The maximum Gasteiger partial charge on any atom is 0.303 e. The molecule has 2 heterocycles. The predicted octanol–water partition coefficient (Wildman–Crippen LogP) is -1.38. The molecule has 1 aliphatic rings. The van der Waals surface area contributed by atoms with Crippen LogP contribution in [0, 0.1) is 20.8 Å². The smallest absolute Gasteiger partial charge is 0.303 e. The summed E-state index contributed by atoms with van der Waals surface area (Å²) in [7, 11) is 0. The van der Waals surface area contributed by atoms with E-state index in [1.807, 2.05) is 4.68 Å². The Morgan fingerprint density at radius 1 is 1.21 bits per heavy atom. The van der Waals surface area contributed by atoms with Crippen LogP contribution in [0.15, 0.2) is 18.5 Å². The van der Waals surface area contributed by atoms with Gasteiger partial charge in [0.2, 0.25) is 6.33 Å². The second kappa shape index (κ2) is 5.31. The molecule has 1 aliphatic heterocycles. The van der Waals surface area contributed by atoms with E-state index < -0.39 is 0 Å². The number of ether oxygens (including phenoxy) is 1. The number of fused-ring (bicyclic) bond motifs is 1. The lowest BCUT2D eigenvalue weighted by atomic mass is 10.1. The van der Waals surface area contributed by atoms with Gasteiger partial charge in [-0.15, -0.1) is 0 Å². The molecule has 0 unspecified atom stereocenters. The highest BCUT2D eigenvalue weighted by Gasteiger charge is 2.23. The zero-order chi connectivity index (χ0) is 12.7. The van der Waals surface area contributed by atoms with Gasteiger partial charge < -0.3 is 17.1 Å². The van der Waals surface area contributed by atoms with E-state index in [0.717, 1.165) is 19.0 Å². The number of aromatic nitrogens is 3. The second-order valence-electron chi connectivity index (χ2n) is 4.97. The first kappa shape index (κ1) is 14.0. The molecule has 102 valence electrons. The number of hydrogen-bond donors (Lipinski definition) is 0. The predicted molar refractivity (Wildman–Crippen MR) is 67.6 cm³/mol. The largest absolute Gasteiger partial charge is 1.00 e. The first-order valence-corrected chi connectivity index (χ1v) is 6.29. The summed E-state index contributed by atoms with van der Waals surface area (Å²) in [6.07, 6.45) is 2.07. The molecule has 0 saturated heterocycles. The van der Waals surface area contributed by atoms with Gasteiger partial charge in [0.15, 0.2) is 0 Å². The van der Waals surface area contributed by atoms with E-state index in [9.17, 15) is 0 Å². The van der Waals surface area contributed by atoms with Gasteiger partial charge in [0.1, 0.15) is 12.3 Å². The summed E-state index contributed by atoms with van der Waals surface area (Å²) in [6.45, 7) is 8.67. The fraction of sp³-hybridized carbons (Fsp3) is 0.429. The van der Waals surface area contributed by atoms with Gasteiger partial charge in [-0.3, -0.25) is 0 Å². The minimum absolute atomic E-state index is 0. The fourth-order valence-electron chi connectivity index (χ4n) is 2.67. The standard InChI is InChI=1S/C14H18N3O.ClH/c1-10-6-11(2)14(12(3)7-10)17-9-16-4-5-18-8-13(16)15-17;/h6-7,9H,4-5,8H2,1-3H3;1H/q+1;/p-1. The third-order valence-corrected chi connectivity index (χ3v) is 3.38. The van der Waals surface area contributed by atoms with Crippen LogP contribution in [0.3, 0.4) is 0 Å². The Morgan fingerprint density at radius 3 is 2.53 bits per heavy atom. The number of nitrogens with zero attached hydrogens (tertiary/aromatic N) is 3. The van der Waals surface area contributed by atoms with E-state index in [4.69, 9.17) is 4.74 Å². The van der Waals surface area contributed by atoms with Gasteiger partial charge in [-0.05, 0) is 31.9 Å². The average molecular weight is 280 g/mol. The number of hydrogen-bond acceptors (Lipinski definition) is 2. The van der Waals surface area contributed by atoms with Crippen LogP contribution in [0.25, 0.3) is 5.69 Å². The third kappa shape index (κ3) is 2.51. The van der Waals surface area contributed by atoms with Crippen molar-refractivity contribution in [2.45, 2.75) is 33.9 Å². The lowest BCUT2D eigenvalue weighted by molar-refractivity contribution is -0.717. The quantitative estimate of drug-likeness (QED) is 0.603. The van der Waals surface area contributed by atoms with E-state index in [1.54, 1.807) is 0 Å². The highest BCUT2D eigenvalue weighted by atomic mass is 35.5.